The molecule has 1 N–H and O–H groups in total. The average Bonchev–Trinajstić information content (AvgIpc) is 2.28. The predicted molar refractivity (Wildman–Crippen MR) is 64.8 cm³/mol. The highest BCUT2D eigenvalue weighted by atomic mass is 16.4. The van der Waals surface area contributed by atoms with Gasteiger partial charge in [-0.2, -0.15) is 0 Å². The molecule has 1 aliphatic heterocycles. The lowest BCUT2D eigenvalue weighted by Gasteiger charge is -2.38. The first-order valence-corrected chi connectivity index (χ1v) is 6.21. The number of carbonyl (C=O) groups is 2. The molecular weight excluding hydrogens is 220 g/mol. The Morgan fingerprint density at radius 3 is 2.65 bits per heavy atom. The number of urea groups is 1. The lowest BCUT2D eigenvalue weighted by Crippen LogP contribution is -2.53. The Morgan fingerprint density at radius 2 is 2.12 bits per heavy atom. The Hall–Kier alpha value is -1.26. The van der Waals surface area contributed by atoms with Crippen molar-refractivity contribution in [1.29, 1.82) is 0 Å². The van der Waals surface area contributed by atoms with Crippen molar-refractivity contribution in [2.45, 2.75) is 39.2 Å². The van der Waals surface area contributed by atoms with E-state index in [1.807, 2.05) is 13.8 Å². The van der Waals surface area contributed by atoms with E-state index in [0.717, 1.165) is 12.8 Å². The third-order valence-electron chi connectivity index (χ3n) is 3.28. The number of hydrogen-bond donors (Lipinski definition) is 1. The first kappa shape index (κ1) is 13.8. The number of piperidine rings is 1. The molecule has 98 valence electrons. The topological polar surface area (TPSA) is 60.9 Å². The van der Waals surface area contributed by atoms with Crippen molar-refractivity contribution in [2.24, 2.45) is 5.92 Å². The van der Waals surface area contributed by atoms with Crippen LogP contribution in [0, 0.1) is 5.92 Å². The predicted octanol–water partition coefficient (Wildman–Crippen LogP) is 1.63. The molecule has 1 saturated heterocycles. The SMILES string of the molecule is CCCN(C)C(=O)N1CCC(C)CC1C(=O)O. The third kappa shape index (κ3) is 3.35. The zero-order valence-corrected chi connectivity index (χ0v) is 10.8. The standard InChI is InChI=1S/C12H22N2O3/c1-4-6-13(3)12(17)14-7-5-9(2)8-10(14)11(15)16/h9-10H,4-8H2,1-3H3,(H,15,16). The molecule has 5 nitrogen and oxygen atoms in total. The van der Waals surface area contributed by atoms with Crippen LogP contribution in [0.15, 0.2) is 0 Å². The van der Waals surface area contributed by atoms with Crippen LogP contribution in [0.4, 0.5) is 4.79 Å². The molecule has 0 spiro atoms. The lowest BCUT2D eigenvalue weighted by atomic mass is 9.93. The van der Waals surface area contributed by atoms with E-state index in [9.17, 15) is 14.7 Å². The molecule has 5 heteroatoms. The van der Waals surface area contributed by atoms with E-state index in [-0.39, 0.29) is 6.03 Å². The summed E-state index contributed by atoms with van der Waals surface area (Å²) >= 11 is 0. The Bertz CT molecular complexity index is 293. The summed E-state index contributed by atoms with van der Waals surface area (Å²) in [4.78, 5) is 26.4. The molecule has 0 aromatic rings. The summed E-state index contributed by atoms with van der Waals surface area (Å²) < 4.78 is 0. The van der Waals surface area contributed by atoms with Crippen molar-refractivity contribution in [3.63, 3.8) is 0 Å². The Labute approximate surface area is 102 Å². The molecule has 2 unspecified atom stereocenters. The number of hydrogen-bond acceptors (Lipinski definition) is 2. The van der Waals surface area contributed by atoms with Crippen molar-refractivity contribution in [2.75, 3.05) is 20.1 Å². The third-order valence-corrected chi connectivity index (χ3v) is 3.28. The van der Waals surface area contributed by atoms with Crippen LogP contribution in [0.3, 0.4) is 0 Å². The number of nitrogens with zero attached hydrogens (tertiary/aromatic N) is 2. The molecule has 2 amide bonds. The van der Waals surface area contributed by atoms with Crippen LogP contribution in [-0.2, 0) is 4.79 Å². The number of aliphatic carboxylic acids is 1. The minimum Gasteiger partial charge on any atom is -0.480 e. The number of likely N-dealkylation sites (tertiary alicyclic amines) is 1. The second kappa shape index (κ2) is 5.89. The van der Waals surface area contributed by atoms with Gasteiger partial charge in [-0.3, -0.25) is 0 Å². The van der Waals surface area contributed by atoms with Crippen LogP contribution in [0.5, 0.6) is 0 Å². The van der Waals surface area contributed by atoms with Crippen molar-refractivity contribution in [3.8, 4) is 0 Å². The fourth-order valence-corrected chi connectivity index (χ4v) is 2.25. The highest BCUT2D eigenvalue weighted by Gasteiger charge is 2.35. The van der Waals surface area contributed by atoms with Gasteiger partial charge in [0.1, 0.15) is 6.04 Å². The second-order valence-electron chi connectivity index (χ2n) is 4.88. The minimum absolute atomic E-state index is 0.161. The van der Waals surface area contributed by atoms with Crippen molar-refractivity contribution in [1.82, 2.24) is 9.80 Å². The zero-order valence-electron chi connectivity index (χ0n) is 10.8. The molecule has 0 bridgehead atoms. The fraction of sp³-hybridized carbons (Fsp3) is 0.833. The number of amides is 2. The number of carboxylic acids is 1. The Balaban J connectivity index is 2.72. The summed E-state index contributed by atoms with van der Waals surface area (Å²) in [6.07, 6.45) is 2.32. The van der Waals surface area contributed by atoms with Gasteiger partial charge < -0.3 is 14.9 Å². The molecule has 0 radical (unpaired) electrons. The Kier molecular flexibility index (Phi) is 4.78. The summed E-state index contributed by atoms with van der Waals surface area (Å²) in [6.45, 7) is 5.24. The molecule has 0 aliphatic carbocycles. The van der Waals surface area contributed by atoms with E-state index in [2.05, 4.69) is 0 Å². The zero-order chi connectivity index (χ0) is 13.0. The maximum Gasteiger partial charge on any atom is 0.326 e. The van der Waals surface area contributed by atoms with E-state index < -0.39 is 12.0 Å². The molecule has 1 fully saturated rings. The van der Waals surface area contributed by atoms with Crippen LogP contribution >= 0.6 is 0 Å². The van der Waals surface area contributed by atoms with Crippen LogP contribution in [-0.4, -0.2) is 53.1 Å². The molecule has 1 heterocycles. The quantitative estimate of drug-likeness (QED) is 0.818. The van der Waals surface area contributed by atoms with Gasteiger partial charge in [0.15, 0.2) is 0 Å². The minimum atomic E-state index is -0.894. The average molecular weight is 242 g/mol. The fourth-order valence-electron chi connectivity index (χ4n) is 2.25. The molecule has 0 aromatic heterocycles. The first-order valence-electron chi connectivity index (χ1n) is 6.21. The van der Waals surface area contributed by atoms with Gasteiger partial charge in [-0.25, -0.2) is 9.59 Å². The molecule has 0 saturated carbocycles. The highest BCUT2D eigenvalue weighted by Crippen LogP contribution is 2.23. The van der Waals surface area contributed by atoms with Gasteiger partial charge in [0.05, 0.1) is 0 Å². The van der Waals surface area contributed by atoms with Gasteiger partial charge in [-0.05, 0) is 25.2 Å². The van der Waals surface area contributed by atoms with E-state index in [4.69, 9.17) is 0 Å². The largest absolute Gasteiger partial charge is 0.480 e. The molecule has 0 aromatic carbocycles. The summed E-state index contributed by atoms with van der Waals surface area (Å²) in [5.41, 5.74) is 0. The van der Waals surface area contributed by atoms with Crippen LogP contribution in [0.25, 0.3) is 0 Å². The van der Waals surface area contributed by atoms with E-state index >= 15 is 0 Å². The smallest absolute Gasteiger partial charge is 0.326 e. The van der Waals surface area contributed by atoms with E-state index in [0.29, 0.717) is 25.4 Å². The van der Waals surface area contributed by atoms with Gasteiger partial charge in [0, 0.05) is 20.1 Å². The van der Waals surface area contributed by atoms with Gasteiger partial charge in [0.25, 0.3) is 0 Å². The monoisotopic (exact) mass is 242 g/mol. The van der Waals surface area contributed by atoms with E-state index in [1.54, 1.807) is 11.9 Å². The normalized spacial score (nSPS) is 24.5. The van der Waals surface area contributed by atoms with Crippen LogP contribution < -0.4 is 0 Å². The summed E-state index contributed by atoms with van der Waals surface area (Å²) in [6, 6.07) is -0.822. The van der Waals surface area contributed by atoms with Crippen LogP contribution in [0.1, 0.15) is 33.1 Å². The number of carboxylic acid groups (broad SMARTS) is 1. The molecule has 2 atom stereocenters. The second-order valence-corrected chi connectivity index (χ2v) is 4.88. The Morgan fingerprint density at radius 1 is 1.47 bits per heavy atom. The maximum absolute atomic E-state index is 12.1. The molecule has 1 rings (SSSR count). The summed E-state index contributed by atoms with van der Waals surface area (Å²) in [7, 11) is 1.72. The molecule has 17 heavy (non-hydrogen) atoms. The van der Waals surface area contributed by atoms with Gasteiger partial charge in [-0.1, -0.05) is 13.8 Å². The summed E-state index contributed by atoms with van der Waals surface area (Å²) in [5, 5.41) is 9.17. The van der Waals surface area contributed by atoms with Crippen molar-refractivity contribution >= 4 is 12.0 Å². The highest BCUT2D eigenvalue weighted by molar-refractivity contribution is 5.82. The molecule has 1 aliphatic rings. The van der Waals surface area contributed by atoms with E-state index in [1.165, 1.54) is 4.90 Å². The van der Waals surface area contributed by atoms with Crippen LogP contribution in [0.2, 0.25) is 0 Å². The summed E-state index contributed by atoms with van der Waals surface area (Å²) in [5.74, 6) is -0.522. The van der Waals surface area contributed by atoms with Gasteiger partial charge in [0.2, 0.25) is 0 Å². The number of rotatable bonds is 3. The van der Waals surface area contributed by atoms with Crippen molar-refractivity contribution in [3.05, 3.63) is 0 Å². The number of carbonyl (C=O) groups excluding carboxylic acids is 1. The van der Waals surface area contributed by atoms with Crippen molar-refractivity contribution < 1.29 is 14.7 Å². The first-order chi connectivity index (χ1) is 7.97. The molecular formula is C12H22N2O3. The lowest BCUT2D eigenvalue weighted by molar-refractivity contribution is -0.144. The van der Waals surface area contributed by atoms with Gasteiger partial charge >= 0.3 is 12.0 Å². The maximum atomic E-state index is 12.1. The van der Waals surface area contributed by atoms with Gasteiger partial charge in [-0.15, -0.1) is 0 Å².